The molecule has 92 valence electrons. The lowest BCUT2D eigenvalue weighted by atomic mass is 10.3. The molecule has 0 saturated carbocycles. The molecule has 0 bridgehead atoms. The molecule has 0 unspecified atom stereocenters. The van der Waals surface area contributed by atoms with Gasteiger partial charge in [-0.05, 0) is 20.8 Å². The number of esters is 1. The molecule has 1 N–H and O–H groups in total. The largest absolute Gasteiger partial charge is 0.516 e. The predicted molar refractivity (Wildman–Crippen MR) is 52.7 cm³/mol. The van der Waals surface area contributed by atoms with Gasteiger partial charge in [0.2, 0.25) is 0 Å². The molecule has 7 nitrogen and oxygen atoms in total. The summed E-state index contributed by atoms with van der Waals surface area (Å²) < 4.78 is 13.2. The lowest BCUT2D eigenvalue weighted by molar-refractivity contribution is -0.141. The van der Waals surface area contributed by atoms with Crippen LogP contribution in [0.15, 0.2) is 0 Å². The summed E-state index contributed by atoms with van der Waals surface area (Å²) in [7, 11) is 0. The molecule has 1 atom stereocenters. The normalized spacial score (nSPS) is 11.2. The SMILES string of the molecule is CCOC(=O)N[C@@H](C)C(=O)OC(=O)OCC. The smallest absolute Gasteiger partial charge is 0.450 e. The number of hydrogen-bond donors (Lipinski definition) is 1. The van der Waals surface area contributed by atoms with Gasteiger partial charge >= 0.3 is 18.2 Å². The molecule has 0 aliphatic rings. The van der Waals surface area contributed by atoms with Gasteiger partial charge in [-0.15, -0.1) is 0 Å². The van der Waals surface area contributed by atoms with E-state index in [2.05, 4.69) is 19.5 Å². The van der Waals surface area contributed by atoms with E-state index < -0.39 is 24.3 Å². The van der Waals surface area contributed by atoms with Crippen LogP contribution in [0.5, 0.6) is 0 Å². The van der Waals surface area contributed by atoms with Crippen LogP contribution in [0.3, 0.4) is 0 Å². The van der Waals surface area contributed by atoms with Crippen LogP contribution in [0, 0.1) is 0 Å². The lowest BCUT2D eigenvalue weighted by Gasteiger charge is -2.11. The van der Waals surface area contributed by atoms with E-state index >= 15 is 0 Å². The molecule has 0 aliphatic carbocycles. The minimum absolute atomic E-state index is 0.103. The molecule has 0 heterocycles. The van der Waals surface area contributed by atoms with Crippen LogP contribution < -0.4 is 5.32 Å². The molecular formula is C9H15NO6. The van der Waals surface area contributed by atoms with Crippen molar-refractivity contribution in [1.82, 2.24) is 5.32 Å². The Morgan fingerprint density at radius 2 is 1.69 bits per heavy atom. The fourth-order valence-electron chi connectivity index (χ4n) is 0.726. The van der Waals surface area contributed by atoms with Crippen LogP contribution in [0.1, 0.15) is 20.8 Å². The Kier molecular flexibility index (Phi) is 6.66. The highest BCUT2D eigenvalue weighted by atomic mass is 16.7. The summed E-state index contributed by atoms with van der Waals surface area (Å²) in [6.07, 6.45) is -1.85. The van der Waals surface area contributed by atoms with Crippen molar-refractivity contribution in [2.45, 2.75) is 26.8 Å². The maximum absolute atomic E-state index is 11.2. The minimum Gasteiger partial charge on any atom is -0.450 e. The maximum atomic E-state index is 11.2. The molecule has 0 aliphatic heterocycles. The number of ether oxygens (including phenoxy) is 3. The van der Waals surface area contributed by atoms with E-state index in [9.17, 15) is 14.4 Å². The Hall–Kier alpha value is -1.79. The van der Waals surface area contributed by atoms with Gasteiger partial charge < -0.3 is 19.5 Å². The van der Waals surface area contributed by atoms with Gasteiger partial charge in [0.1, 0.15) is 6.04 Å². The molecule has 0 spiro atoms. The Balaban J connectivity index is 3.99. The molecule has 0 saturated heterocycles. The van der Waals surface area contributed by atoms with E-state index in [1.807, 2.05) is 0 Å². The molecule has 1 amide bonds. The number of carbonyl (C=O) groups excluding carboxylic acids is 3. The average Bonchev–Trinajstić information content (AvgIpc) is 2.17. The third-order valence-electron chi connectivity index (χ3n) is 1.41. The number of alkyl carbamates (subject to hydrolysis) is 1. The molecule has 0 radical (unpaired) electrons. The maximum Gasteiger partial charge on any atom is 0.516 e. The quantitative estimate of drug-likeness (QED) is 0.571. The van der Waals surface area contributed by atoms with Crippen molar-refractivity contribution in [3.8, 4) is 0 Å². The summed E-state index contributed by atoms with van der Waals surface area (Å²) in [5.41, 5.74) is 0. The van der Waals surface area contributed by atoms with Gasteiger partial charge in [-0.2, -0.15) is 0 Å². The van der Waals surface area contributed by atoms with Crippen molar-refractivity contribution in [3.05, 3.63) is 0 Å². The molecule has 7 heteroatoms. The predicted octanol–water partition coefficient (Wildman–Crippen LogP) is 0.821. The van der Waals surface area contributed by atoms with Crippen LogP contribution in [0.25, 0.3) is 0 Å². The van der Waals surface area contributed by atoms with Crippen molar-refractivity contribution >= 4 is 18.2 Å². The van der Waals surface area contributed by atoms with Crippen LogP contribution >= 0.6 is 0 Å². The van der Waals surface area contributed by atoms with E-state index in [0.29, 0.717) is 0 Å². The van der Waals surface area contributed by atoms with Gasteiger partial charge in [-0.3, -0.25) is 0 Å². The number of nitrogens with one attached hydrogen (secondary N) is 1. The molecule has 0 aromatic rings. The zero-order valence-electron chi connectivity index (χ0n) is 9.44. The van der Waals surface area contributed by atoms with Gasteiger partial charge in [0.25, 0.3) is 0 Å². The third kappa shape index (κ3) is 5.84. The Morgan fingerprint density at radius 3 is 2.19 bits per heavy atom. The topological polar surface area (TPSA) is 90.9 Å². The Morgan fingerprint density at radius 1 is 1.12 bits per heavy atom. The van der Waals surface area contributed by atoms with Crippen LogP contribution in [-0.4, -0.2) is 37.5 Å². The zero-order chi connectivity index (χ0) is 12.6. The standard InChI is InChI=1S/C9H15NO6/c1-4-14-8(12)10-6(3)7(11)16-9(13)15-5-2/h6H,4-5H2,1-3H3,(H,10,12)/t6-/m0/s1. The van der Waals surface area contributed by atoms with Crippen LogP contribution in [0.4, 0.5) is 9.59 Å². The molecule has 16 heavy (non-hydrogen) atoms. The van der Waals surface area contributed by atoms with Crippen molar-refractivity contribution in [2.24, 2.45) is 0 Å². The van der Waals surface area contributed by atoms with Crippen molar-refractivity contribution in [2.75, 3.05) is 13.2 Å². The molecule has 0 fully saturated rings. The van der Waals surface area contributed by atoms with E-state index in [4.69, 9.17) is 0 Å². The summed E-state index contributed by atoms with van der Waals surface area (Å²) >= 11 is 0. The average molecular weight is 233 g/mol. The van der Waals surface area contributed by atoms with E-state index in [1.54, 1.807) is 13.8 Å². The molecule has 0 aromatic carbocycles. The van der Waals surface area contributed by atoms with Crippen molar-refractivity contribution in [1.29, 1.82) is 0 Å². The van der Waals surface area contributed by atoms with Gasteiger partial charge in [0.05, 0.1) is 13.2 Å². The molecule has 0 aromatic heterocycles. The van der Waals surface area contributed by atoms with Crippen molar-refractivity contribution < 1.29 is 28.6 Å². The number of hydrogen-bond acceptors (Lipinski definition) is 6. The first kappa shape index (κ1) is 14.2. The summed E-state index contributed by atoms with van der Waals surface area (Å²) in [5.74, 6) is -0.911. The summed E-state index contributed by atoms with van der Waals surface area (Å²) in [6.45, 7) is 4.85. The number of amides is 1. The first-order valence-electron chi connectivity index (χ1n) is 4.83. The highest BCUT2D eigenvalue weighted by molar-refractivity contribution is 5.87. The minimum atomic E-state index is -1.09. The number of carbonyl (C=O) groups is 3. The second kappa shape index (κ2) is 7.49. The van der Waals surface area contributed by atoms with E-state index in [0.717, 1.165) is 0 Å². The second-order valence-corrected chi connectivity index (χ2v) is 2.69. The third-order valence-corrected chi connectivity index (χ3v) is 1.41. The van der Waals surface area contributed by atoms with Gasteiger partial charge in [0.15, 0.2) is 0 Å². The van der Waals surface area contributed by atoms with Gasteiger partial charge in [0, 0.05) is 0 Å². The van der Waals surface area contributed by atoms with Crippen LogP contribution in [-0.2, 0) is 19.0 Å². The van der Waals surface area contributed by atoms with Crippen molar-refractivity contribution in [3.63, 3.8) is 0 Å². The first-order valence-corrected chi connectivity index (χ1v) is 4.83. The van der Waals surface area contributed by atoms with Crippen LogP contribution in [0.2, 0.25) is 0 Å². The Bertz CT molecular complexity index is 265. The fourth-order valence-corrected chi connectivity index (χ4v) is 0.726. The second-order valence-electron chi connectivity index (χ2n) is 2.69. The number of rotatable bonds is 4. The van der Waals surface area contributed by atoms with Gasteiger partial charge in [-0.25, -0.2) is 14.4 Å². The highest BCUT2D eigenvalue weighted by Crippen LogP contribution is 1.93. The summed E-state index contributed by atoms with van der Waals surface area (Å²) in [6, 6.07) is -0.983. The van der Waals surface area contributed by atoms with Gasteiger partial charge in [-0.1, -0.05) is 0 Å². The molecule has 0 rings (SSSR count). The zero-order valence-corrected chi connectivity index (χ0v) is 9.44. The molecular weight excluding hydrogens is 218 g/mol. The van der Waals surface area contributed by atoms with E-state index in [-0.39, 0.29) is 13.2 Å². The first-order chi connectivity index (χ1) is 7.51. The summed E-state index contributed by atoms with van der Waals surface area (Å²) in [4.78, 5) is 32.8. The monoisotopic (exact) mass is 233 g/mol. The highest BCUT2D eigenvalue weighted by Gasteiger charge is 2.21. The fraction of sp³-hybridized carbons (Fsp3) is 0.667. The Labute approximate surface area is 93.0 Å². The van der Waals surface area contributed by atoms with E-state index in [1.165, 1.54) is 6.92 Å². The summed E-state index contributed by atoms with van der Waals surface area (Å²) in [5, 5.41) is 2.18. The lowest BCUT2D eigenvalue weighted by Crippen LogP contribution is -2.40.